The predicted molar refractivity (Wildman–Crippen MR) is 65.9 cm³/mol. The van der Waals surface area contributed by atoms with Gasteiger partial charge in [0.25, 0.3) is 0 Å². The quantitative estimate of drug-likeness (QED) is 0.697. The minimum Gasteiger partial charge on any atom is -0.444 e. The van der Waals surface area contributed by atoms with Crippen LogP contribution < -0.4 is 0 Å². The van der Waals surface area contributed by atoms with Crippen molar-refractivity contribution in [2.75, 3.05) is 18.5 Å². The molecule has 1 amide bonds. The molecule has 1 fully saturated rings. The van der Waals surface area contributed by atoms with Crippen molar-refractivity contribution < 1.29 is 14.3 Å². The van der Waals surface area contributed by atoms with Gasteiger partial charge in [-0.15, -0.1) is 0 Å². The highest BCUT2D eigenvalue weighted by atomic mass is 79.9. The first-order valence-electron chi connectivity index (χ1n) is 5.50. The zero-order valence-corrected chi connectivity index (χ0v) is 11.9. The number of hydrogen-bond acceptors (Lipinski definition) is 3. The molecule has 0 N–H and O–H groups in total. The lowest BCUT2D eigenvalue weighted by atomic mass is 10.2. The van der Waals surface area contributed by atoms with E-state index in [0.717, 1.165) is 5.33 Å². The van der Waals surface area contributed by atoms with E-state index in [9.17, 15) is 4.79 Å². The zero-order chi connectivity index (χ0) is 12.3. The lowest BCUT2D eigenvalue weighted by Gasteiger charge is -2.38. The third-order valence-electron chi connectivity index (χ3n) is 2.31. The molecule has 2 unspecified atom stereocenters. The second kappa shape index (κ2) is 5.36. The molecule has 0 aliphatic carbocycles. The molecule has 0 aromatic rings. The molecule has 0 radical (unpaired) electrons. The van der Waals surface area contributed by atoms with Crippen LogP contribution in [0.1, 0.15) is 27.7 Å². The highest BCUT2D eigenvalue weighted by Gasteiger charge is 2.32. The fraction of sp³-hybridized carbons (Fsp3) is 0.909. The molecule has 0 aromatic heterocycles. The van der Waals surface area contributed by atoms with Crippen molar-refractivity contribution in [3.8, 4) is 0 Å². The van der Waals surface area contributed by atoms with Crippen molar-refractivity contribution >= 4 is 22.0 Å². The van der Waals surface area contributed by atoms with Gasteiger partial charge in [0.15, 0.2) is 0 Å². The summed E-state index contributed by atoms with van der Waals surface area (Å²) in [4.78, 5) is 13.7. The number of carbonyl (C=O) groups is 1. The summed E-state index contributed by atoms with van der Waals surface area (Å²) >= 11 is 3.37. The average Bonchev–Trinajstić information content (AvgIpc) is 2.15. The van der Waals surface area contributed by atoms with Crippen LogP contribution in [0, 0.1) is 0 Å². The zero-order valence-electron chi connectivity index (χ0n) is 10.3. The van der Waals surface area contributed by atoms with Gasteiger partial charge >= 0.3 is 6.09 Å². The summed E-state index contributed by atoms with van der Waals surface area (Å²) in [5.41, 5.74) is -0.445. The molecule has 0 aromatic carbocycles. The molecule has 2 atom stereocenters. The van der Waals surface area contributed by atoms with Crippen LogP contribution in [0.15, 0.2) is 0 Å². The number of hydrogen-bond donors (Lipinski definition) is 0. The van der Waals surface area contributed by atoms with Gasteiger partial charge in [0.05, 0.1) is 25.3 Å². The first-order valence-corrected chi connectivity index (χ1v) is 6.63. The van der Waals surface area contributed by atoms with Crippen LogP contribution in [-0.2, 0) is 9.47 Å². The van der Waals surface area contributed by atoms with Gasteiger partial charge in [0.1, 0.15) is 5.60 Å². The molecule has 0 saturated carbocycles. The number of nitrogens with zero attached hydrogens (tertiary/aromatic N) is 1. The Labute approximate surface area is 105 Å². The number of alkyl halides is 1. The molecule has 94 valence electrons. The number of halogens is 1. The van der Waals surface area contributed by atoms with Crippen LogP contribution in [-0.4, -0.2) is 47.2 Å². The molecular weight excluding hydrogens is 274 g/mol. The van der Waals surface area contributed by atoms with E-state index < -0.39 is 5.60 Å². The third kappa shape index (κ3) is 3.94. The summed E-state index contributed by atoms with van der Waals surface area (Å²) < 4.78 is 10.9. The maximum atomic E-state index is 11.9. The van der Waals surface area contributed by atoms with E-state index in [1.165, 1.54) is 0 Å². The highest BCUT2D eigenvalue weighted by molar-refractivity contribution is 9.09. The number of rotatable bonds is 1. The third-order valence-corrected chi connectivity index (χ3v) is 3.03. The van der Waals surface area contributed by atoms with E-state index in [-0.39, 0.29) is 18.2 Å². The number of carbonyl (C=O) groups excluding carboxylic acids is 1. The van der Waals surface area contributed by atoms with E-state index in [1.54, 1.807) is 4.90 Å². The van der Waals surface area contributed by atoms with Crippen molar-refractivity contribution in [3.05, 3.63) is 0 Å². The van der Waals surface area contributed by atoms with E-state index in [4.69, 9.17) is 9.47 Å². The molecule has 0 bridgehead atoms. The first kappa shape index (κ1) is 13.8. The fourth-order valence-corrected chi connectivity index (χ4v) is 1.88. The van der Waals surface area contributed by atoms with Gasteiger partial charge in [-0.1, -0.05) is 15.9 Å². The normalized spacial score (nSPS) is 26.7. The molecular formula is C11H20BrNO3. The molecule has 16 heavy (non-hydrogen) atoms. The predicted octanol–water partition coefficient (Wildman–Crippen LogP) is 2.41. The largest absolute Gasteiger partial charge is 0.444 e. The fourth-order valence-electron chi connectivity index (χ4n) is 1.49. The topological polar surface area (TPSA) is 38.8 Å². The molecule has 4 nitrogen and oxygen atoms in total. The first-order chi connectivity index (χ1) is 7.33. The summed E-state index contributed by atoms with van der Waals surface area (Å²) in [6, 6.07) is 0.0742. The minimum atomic E-state index is -0.445. The van der Waals surface area contributed by atoms with Gasteiger partial charge in [-0.3, -0.25) is 0 Å². The molecule has 1 heterocycles. The minimum absolute atomic E-state index is 0.0590. The Kier molecular flexibility index (Phi) is 4.62. The van der Waals surface area contributed by atoms with Crippen LogP contribution in [0.25, 0.3) is 0 Å². The van der Waals surface area contributed by atoms with E-state index in [0.29, 0.717) is 13.2 Å². The standard InChI is InChI=1S/C11H20BrNO3/c1-8-7-15-9(5-12)6-13(8)10(14)16-11(2,3)4/h8-9H,5-7H2,1-4H3. The highest BCUT2D eigenvalue weighted by Crippen LogP contribution is 2.17. The van der Waals surface area contributed by atoms with Crippen molar-refractivity contribution in [1.82, 2.24) is 4.90 Å². The Balaban J connectivity index is 2.59. The molecule has 1 rings (SSSR count). The summed E-state index contributed by atoms with van der Waals surface area (Å²) in [5.74, 6) is 0. The monoisotopic (exact) mass is 293 g/mol. The van der Waals surface area contributed by atoms with Crippen LogP contribution in [0.3, 0.4) is 0 Å². The van der Waals surface area contributed by atoms with Gasteiger partial charge in [-0.05, 0) is 27.7 Å². The summed E-state index contributed by atoms with van der Waals surface area (Å²) in [6.07, 6.45) is -0.196. The van der Waals surface area contributed by atoms with Crippen molar-refractivity contribution in [3.63, 3.8) is 0 Å². The maximum Gasteiger partial charge on any atom is 0.410 e. The molecule has 1 aliphatic heterocycles. The summed E-state index contributed by atoms with van der Waals surface area (Å²) in [6.45, 7) is 8.74. The Morgan fingerprint density at radius 1 is 1.56 bits per heavy atom. The van der Waals surface area contributed by atoms with Crippen LogP contribution in [0.2, 0.25) is 0 Å². The van der Waals surface area contributed by atoms with Gasteiger partial charge in [-0.25, -0.2) is 4.79 Å². The van der Waals surface area contributed by atoms with Crippen LogP contribution in [0.4, 0.5) is 4.79 Å². The summed E-state index contributed by atoms with van der Waals surface area (Å²) in [5, 5.41) is 0.735. The van der Waals surface area contributed by atoms with Gasteiger partial charge < -0.3 is 14.4 Å². The van der Waals surface area contributed by atoms with Gasteiger partial charge in [0, 0.05) is 5.33 Å². The Morgan fingerprint density at radius 2 is 2.19 bits per heavy atom. The molecule has 1 saturated heterocycles. The van der Waals surface area contributed by atoms with E-state index in [2.05, 4.69) is 15.9 Å². The van der Waals surface area contributed by atoms with Gasteiger partial charge in [0.2, 0.25) is 0 Å². The van der Waals surface area contributed by atoms with Crippen molar-refractivity contribution in [2.45, 2.75) is 45.4 Å². The van der Waals surface area contributed by atoms with Crippen molar-refractivity contribution in [2.24, 2.45) is 0 Å². The molecule has 1 aliphatic rings. The number of amides is 1. The smallest absolute Gasteiger partial charge is 0.410 e. The lowest BCUT2D eigenvalue weighted by molar-refractivity contribution is -0.0567. The second-order valence-corrected chi connectivity index (χ2v) is 5.74. The average molecular weight is 294 g/mol. The van der Waals surface area contributed by atoms with Gasteiger partial charge in [-0.2, -0.15) is 0 Å². The molecule has 0 spiro atoms. The number of ether oxygens (including phenoxy) is 2. The lowest BCUT2D eigenvalue weighted by Crippen LogP contribution is -2.52. The van der Waals surface area contributed by atoms with Crippen molar-refractivity contribution in [1.29, 1.82) is 0 Å². The van der Waals surface area contributed by atoms with Crippen LogP contribution in [0.5, 0.6) is 0 Å². The Morgan fingerprint density at radius 3 is 2.69 bits per heavy atom. The SMILES string of the molecule is CC1COC(CBr)CN1C(=O)OC(C)(C)C. The Bertz CT molecular complexity index is 252. The Hall–Kier alpha value is -0.290. The van der Waals surface area contributed by atoms with E-state index in [1.807, 2.05) is 27.7 Å². The van der Waals surface area contributed by atoms with E-state index >= 15 is 0 Å². The number of morpholine rings is 1. The summed E-state index contributed by atoms with van der Waals surface area (Å²) in [7, 11) is 0. The maximum absolute atomic E-state index is 11.9. The second-order valence-electron chi connectivity index (χ2n) is 5.09. The van der Waals surface area contributed by atoms with Crippen LogP contribution >= 0.6 is 15.9 Å². The molecule has 5 heteroatoms.